The summed E-state index contributed by atoms with van der Waals surface area (Å²) in [5.74, 6) is 1.42. The molecule has 0 bridgehead atoms. The zero-order valence-corrected chi connectivity index (χ0v) is 16.5. The third-order valence-corrected chi connectivity index (χ3v) is 4.95. The van der Waals surface area contributed by atoms with Crippen molar-refractivity contribution in [2.24, 2.45) is 0 Å². The molecule has 1 heterocycles. The van der Waals surface area contributed by atoms with Crippen molar-refractivity contribution < 1.29 is 9.53 Å². The Morgan fingerprint density at radius 3 is 2.76 bits per heavy atom. The van der Waals surface area contributed by atoms with Gasteiger partial charge in [0.2, 0.25) is 0 Å². The second-order valence-corrected chi connectivity index (χ2v) is 7.20. The average Bonchev–Trinajstić information content (AvgIpc) is 3.48. The van der Waals surface area contributed by atoms with E-state index >= 15 is 0 Å². The third kappa shape index (κ3) is 4.60. The Balaban J connectivity index is 1.36. The molecule has 8 nitrogen and oxygen atoms in total. The minimum Gasteiger partial charge on any atom is -0.497 e. The molecule has 8 heteroatoms. The van der Waals surface area contributed by atoms with Gasteiger partial charge in [-0.05, 0) is 72.2 Å². The maximum atomic E-state index is 12.5. The first-order valence-electron chi connectivity index (χ1n) is 9.69. The minimum absolute atomic E-state index is 0.0307. The van der Waals surface area contributed by atoms with Crippen molar-refractivity contribution in [2.75, 3.05) is 12.4 Å². The van der Waals surface area contributed by atoms with E-state index in [0.717, 1.165) is 35.7 Å². The van der Waals surface area contributed by atoms with Crippen molar-refractivity contribution in [1.29, 1.82) is 0 Å². The molecule has 4 rings (SSSR count). The maximum absolute atomic E-state index is 12.5. The number of hydrogen-bond donors (Lipinski definition) is 2. The van der Waals surface area contributed by atoms with Gasteiger partial charge < -0.3 is 15.4 Å². The summed E-state index contributed by atoms with van der Waals surface area (Å²) in [6, 6.07) is 15.3. The molecular formula is C21H24N6O2. The highest BCUT2D eigenvalue weighted by atomic mass is 16.5. The molecule has 0 aliphatic heterocycles. The lowest BCUT2D eigenvalue weighted by molar-refractivity contribution is 0.102. The second-order valence-electron chi connectivity index (χ2n) is 7.20. The standard InChI is InChI=1S/C21H24N6O2/c1-14(20-24-25-26-27(20)18-8-9-18)22-13-15-4-3-5-17(12-15)23-21(28)16-6-10-19(29-2)11-7-16/h3-7,10-12,14,18,22H,8-9,13H2,1-2H3,(H,23,28)/t14-/m1/s1. The van der Waals surface area contributed by atoms with Crippen molar-refractivity contribution in [1.82, 2.24) is 25.5 Å². The number of ether oxygens (including phenoxy) is 1. The van der Waals surface area contributed by atoms with Crippen LogP contribution in [0, 0.1) is 0 Å². The van der Waals surface area contributed by atoms with Crippen LogP contribution >= 0.6 is 0 Å². The van der Waals surface area contributed by atoms with Crippen LogP contribution < -0.4 is 15.4 Å². The monoisotopic (exact) mass is 392 g/mol. The number of carbonyl (C=O) groups excluding carboxylic acids is 1. The summed E-state index contributed by atoms with van der Waals surface area (Å²) in [6.45, 7) is 2.70. The molecule has 1 saturated carbocycles. The van der Waals surface area contributed by atoms with Crippen LogP contribution in [0.25, 0.3) is 0 Å². The molecule has 3 aromatic rings. The molecule has 0 saturated heterocycles. The van der Waals surface area contributed by atoms with Crippen molar-refractivity contribution in [2.45, 2.75) is 38.4 Å². The van der Waals surface area contributed by atoms with Crippen molar-refractivity contribution in [3.8, 4) is 5.75 Å². The lowest BCUT2D eigenvalue weighted by Gasteiger charge is -2.14. The number of tetrazole rings is 1. The molecule has 1 aliphatic rings. The van der Waals surface area contributed by atoms with Gasteiger partial charge in [-0.2, -0.15) is 0 Å². The van der Waals surface area contributed by atoms with Crippen LogP contribution in [0.2, 0.25) is 0 Å². The van der Waals surface area contributed by atoms with Gasteiger partial charge in [-0.3, -0.25) is 4.79 Å². The zero-order valence-electron chi connectivity index (χ0n) is 16.5. The molecule has 2 aromatic carbocycles. The maximum Gasteiger partial charge on any atom is 0.255 e. The summed E-state index contributed by atoms with van der Waals surface area (Å²) in [7, 11) is 1.60. The Hall–Kier alpha value is -3.26. The number of rotatable bonds is 8. The van der Waals surface area contributed by atoms with Crippen molar-refractivity contribution >= 4 is 11.6 Å². The summed E-state index contributed by atoms with van der Waals surface area (Å²) >= 11 is 0. The number of nitrogens with zero attached hydrogens (tertiary/aromatic N) is 4. The summed E-state index contributed by atoms with van der Waals surface area (Å²) in [4.78, 5) is 12.5. The molecule has 1 fully saturated rings. The average molecular weight is 392 g/mol. The molecule has 1 aromatic heterocycles. The molecule has 1 aliphatic carbocycles. The van der Waals surface area contributed by atoms with Gasteiger partial charge in [-0.25, -0.2) is 4.68 Å². The smallest absolute Gasteiger partial charge is 0.255 e. The van der Waals surface area contributed by atoms with Gasteiger partial charge in [-0.1, -0.05) is 12.1 Å². The number of aromatic nitrogens is 4. The minimum atomic E-state index is -0.158. The highest BCUT2D eigenvalue weighted by Gasteiger charge is 2.29. The van der Waals surface area contributed by atoms with Crippen LogP contribution in [-0.2, 0) is 6.54 Å². The first-order valence-corrected chi connectivity index (χ1v) is 9.69. The van der Waals surface area contributed by atoms with Gasteiger partial charge in [0.25, 0.3) is 5.91 Å². The van der Waals surface area contributed by atoms with Crippen LogP contribution in [0.1, 0.15) is 53.6 Å². The SMILES string of the molecule is COc1ccc(C(=O)Nc2cccc(CN[C@H](C)c3nnnn3C3CC3)c2)cc1. The fourth-order valence-electron chi connectivity index (χ4n) is 3.13. The molecule has 2 N–H and O–H groups in total. The van der Waals surface area contributed by atoms with Gasteiger partial charge in [0.1, 0.15) is 5.75 Å². The molecule has 29 heavy (non-hydrogen) atoms. The molecule has 1 atom stereocenters. The summed E-state index contributed by atoms with van der Waals surface area (Å²) < 4.78 is 7.05. The van der Waals surface area contributed by atoms with E-state index in [0.29, 0.717) is 18.2 Å². The van der Waals surface area contributed by atoms with Gasteiger partial charge in [0, 0.05) is 17.8 Å². The Morgan fingerprint density at radius 1 is 1.24 bits per heavy atom. The second kappa shape index (κ2) is 8.40. The number of hydrogen-bond acceptors (Lipinski definition) is 6. The predicted molar refractivity (Wildman–Crippen MR) is 109 cm³/mol. The predicted octanol–water partition coefficient (Wildman–Crippen LogP) is 3.12. The molecular weight excluding hydrogens is 368 g/mol. The number of nitrogens with one attached hydrogen (secondary N) is 2. The summed E-state index contributed by atoms with van der Waals surface area (Å²) in [5, 5.41) is 18.5. The van der Waals surface area contributed by atoms with Crippen LogP contribution in [0.4, 0.5) is 5.69 Å². The number of anilines is 1. The fraction of sp³-hybridized carbons (Fsp3) is 0.333. The van der Waals surface area contributed by atoms with Crippen molar-refractivity contribution in [3.63, 3.8) is 0 Å². The van der Waals surface area contributed by atoms with E-state index in [1.165, 1.54) is 0 Å². The van der Waals surface area contributed by atoms with Crippen LogP contribution in [0.15, 0.2) is 48.5 Å². The Morgan fingerprint density at radius 2 is 2.03 bits per heavy atom. The number of methoxy groups -OCH3 is 1. The molecule has 0 spiro atoms. The van der Waals surface area contributed by atoms with Crippen LogP contribution in [-0.4, -0.2) is 33.2 Å². The first kappa shape index (κ1) is 19.1. The van der Waals surface area contributed by atoms with E-state index in [-0.39, 0.29) is 11.9 Å². The van der Waals surface area contributed by atoms with E-state index in [9.17, 15) is 4.79 Å². The summed E-state index contributed by atoms with van der Waals surface area (Å²) in [5.41, 5.74) is 2.39. The van der Waals surface area contributed by atoms with Gasteiger partial charge in [-0.15, -0.1) is 5.10 Å². The first-order chi connectivity index (χ1) is 14.1. The topological polar surface area (TPSA) is 94.0 Å². The van der Waals surface area contributed by atoms with Gasteiger partial charge in [0.05, 0.1) is 19.2 Å². The molecule has 0 radical (unpaired) electrons. The molecule has 150 valence electrons. The third-order valence-electron chi connectivity index (χ3n) is 4.95. The Labute approximate surface area is 169 Å². The number of amides is 1. The Kier molecular flexibility index (Phi) is 5.53. The molecule has 0 unspecified atom stereocenters. The van der Waals surface area contributed by atoms with Crippen molar-refractivity contribution in [3.05, 3.63) is 65.5 Å². The normalized spacial score (nSPS) is 14.4. The summed E-state index contributed by atoms with van der Waals surface area (Å²) in [6.07, 6.45) is 2.28. The largest absolute Gasteiger partial charge is 0.497 e. The highest BCUT2D eigenvalue weighted by molar-refractivity contribution is 6.04. The van der Waals surface area contributed by atoms with Crippen LogP contribution in [0.5, 0.6) is 5.75 Å². The molecule has 1 amide bonds. The highest BCUT2D eigenvalue weighted by Crippen LogP contribution is 2.35. The van der Waals surface area contributed by atoms with Gasteiger partial charge in [0.15, 0.2) is 5.82 Å². The van der Waals surface area contributed by atoms with E-state index in [1.807, 2.05) is 28.9 Å². The van der Waals surface area contributed by atoms with E-state index in [2.05, 4.69) is 33.1 Å². The zero-order chi connectivity index (χ0) is 20.2. The lowest BCUT2D eigenvalue weighted by Crippen LogP contribution is -2.22. The van der Waals surface area contributed by atoms with Crippen LogP contribution in [0.3, 0.4) is 0 Å². The number of carbonyl (C=O) groups is 1. The van der Waals surface area contributed by atoms with E-state index in [4.69, 9.17) is 4.74 Å². The fourth-order valence-corrected chi connectivity index (χ4v) is 3.13. The van der Waals surface area contributed by atoms with E-state index < -0.39 is 0 Å². The quantitative estimate of drug-likeness (QED) is 0.612. The lowest BCUT2D eigenvalue weighted by atomic mass is 10.1. The number of benzene rings is 2. The Bertz CT molecular complexity index is 981. The van der Waals surface area contributed by atoms with E-state index in [1.54, 1.807) is 31.4 Å². The van der Waals surface area contributed by atoms with Gasteiger partial charge >= 0.3 is 0 Å².